The van der Waals surface area contributed by atoms with Gasteiger partial charge in [-0.2, -0.15) is 0 Å². The molecule has 3 aromatic rings. The Bertz CT molecular complexity index is 921. The van der Waals surface area contributed by atoms with Gasteiger partial charge in [-0.05, 0) is 54.7 Å². The number of ether oxygens (including phenoxy) is 1. The highest BCUT2D eigenvalue weighted by molar-refractivity contribution is 5.94. The van der Waals surface area contributed by atoms with E-state index in [1.807, 2.05) is 6.07 Å². The quantitative estimate of drug-likeness (QED) is 0.530. The SMILES string of the molecule is O=[N+]([O-])c1ccc(Oc2ccc3c(c2)CCC3)c2ccncc12. The van der Waals surface area contributed by atoms with Crippen molar-refractivity contribution in [3.63, 3.8) is 0 Å². The summed E-state index contributed by atoms with van der Waals surface area (Å²) in [6.45, 7) is 0. The predicted molar refractivity (Wildman–Crippen MR) is 86.9 cm³/mol. The summed E-state index contributed by atoms with van der Waals surface area (Å²) in [5, 5.41) is 12.3. The zero-order valence-electron chi connectivity index (χ0n) is 12.4. The van der Waals surface area contributed by atoms with Crippen LogP contribution in [0.5, 0.6) is 11.5 Å². The van der Waals surface area contributed by atoms with E-state index in [9.17, 15) is 10.1 Å². The van der Waals surface area contributed by atoms with Crippen LogP contribution in [0.3, 0.4) is 0 Å². The van der Waals surface area contributed by atoms with Crippen LogP contribution < -0.4 is 4.74 Å². The zero-order valence-corrected chi connectivity index (χ0v) is 12.4. The third-order valence-electron chi connectivity index (χ3n) is 4.25. The molecule has 0 spiro atoms. The van der Waals surface area contributed by atoms with Gasteiger partial charge in [-0.3, -0.25) is 15.1 Å². The highest BCUT2D eigenvalue weighted by atomic mass is 16.6. The van der Waals surface area contributed by atoms with Gasteiger partial charge >= 0.3 is 0 Å². The molecule has 1 heterocycles. The van der Waals surface area contributed by atoms with Crippen molar-refractivity contribution in [1.29, 1.82) is 0 Å². The van der Waals surface area contributed by atoms with Crippen LogP contribution in [-0.2, 0) is 12.8 Å². The topological polar surface area (TPSA) is 65.3 Å². The Kier molecular flexibility index (Phi) is 3.19. The Hall–Kier alpha value is -2.95. The third-order valence-corrected chi connectivity index (χ3v) is 4.25. The Morgan fingerprint density at radius 3 is 2.78 bits per heavy atom. The predicted octanol–water partition coefficient (Wildman–Crippen LogP) is 4.42. The van der Waals surface area contributed by atoms with Crippen LogP contribution in [0.25, 0.3) is 10.8 Å². The Labute approximate surface area is 132 Å². The first-order chi connectivity index (χ1) is 11.2. The van der Waals surface area contributed by atoms with Gasteiger partial charge in [0.1, 0.15) is 11.5 Å². The molecule has 0 unspecified atom stereocenters. The molecule has 1 aliphatic carbocycles. The summed E-state index contributed by atoms with van der Waals surface area (Å²) in [4.78, 5) is 14.7. The molecule has 0 aliphatic heterocycles. The molecule has 0 fully saturated rings. The minimum Gasteiger partial charge on any atom is -0.457 e. The average Bonchev–Trinajstić information content (AvgIpc) is 3.02. The van der Waals surface area contributed by atoms with Crippen LogP contribution >= 0.6 is 0 Å². The molecule has 1 aromatic heterocycles. The largest absolute Gasteiger partial charge is 0.457 e. The van der Waals surface area contributed by atoms with E-state index in [0.29, 0.717) is 16.5 Å². The number of rotatable bonds is 3. The highest BCUT2D eigenvalue weighted by Crippen LogP contribution is 2.36. The van der Waals surface area contributed by atoms with E-state index >= 15 is 0 Å². The molecule has 1 aliphatic rings. The van der Waals surface area contributed by atoms with Crippen molar-refractivity contribution in [3.8, 4) is 11.5 Å². The van der Waals surface area contributed by atoms with Gasteiger partial charge in [-0.15, -0.1) is 0 Å². The van der Waals surface area contributed by atoms with E-state index in [4.69, 9.17) is 4.74 Å². The lowest BCUT2D eigenvalue weighted by Gasteiger charge is -2.10. The molecule has 2 aromatic carbocycles. The van der Waals surface area contributed by atoms with Crippen molar-refractivity contribution >= 4 is 16.5 Å². The Morgan fingerprint density at radius 2 is 1.91 bits per heavy atom. The minimum absolute atomic E-state index is 0.0365. The van der Waals surface area contributed by atoms with Gasteiger partial charge in [0.2, 0.25) is 0 Å². The number of nitrogens with zero attached hydrogens (tertiary/aromatic N) is 2. The Morgan fingerprint density at radius 1 is 1.04 bits per heavy atom. The van der Waals surface area contributed by atoms with Crippen molar-refractivity contribution in [2.45, 2.75) is 19.3 Å². The maximum Gasteiger partial charge on any atom is 0.279 e. The first-order valence-electron chi connectivity index (χ1n) is 7.53. The van der Waals surface area contributed by atoms with Gasteiger partial charge in [0.25, 0.3) is 5.69 Å². The van der Waals surface area contributed by atoms with Gasteiger partial charge in [0.15, 0.2) is 0 Å². The monoisotopic (exact) mass is 306 g/mol. The number of nitro benzene ring substituents is 1. The second kappa shape index (κ2) is 5.35. The maximum absolute atomic E-state index is 11.1. The molecule has 0 radical (unpaired) electrons. The summed E-state index contributed by atoms with van der Waals surface area (Å²) >= 11 is 0. The molecule has 0 amide bonds. The van der Waals surface area contributed by atoms with Gasteiger partial charge in [-0.1, -0.05) is 6.07 Å². The highest BCUT2D eigenvalue weighted by Gasteiger charge is 2.16. The van der Waals surface area contributed by atoms with Crippen LogP contribution in [0.15, 0.2) is 48.8 Å². The zero-order chi connectivity index (χ0) is 15.8. The van der Waals surface area contributed by atoms with E-state index < -0.39 is 4.92 Å². The first-order valence-corrected chi connectivity index (χ1v) is 7.53. The number of aromatic nitrogens is 1. The number of fused-ring (bicyclic) bond motifs is 2. The van der Waals surface area contributed by atoms with E-state index in [2.05, 4.69) is 17.1 Å². The van der Waals surface area contributed by atoms with E-state index in [1.54, 1.807) is 18.3 Å². The molecule has 4 rings (SSSR count). The molecule has 5 heteroatoms. The molecule has 23 heavy (non-hydrogen) atoms. The van der Waals surface area contributed by atoms with Crippen molar-refractivity contribution in [3.05, 3.63) is 70.0 Å². The van der Waals surface area contributed by atoms with Crippen LogP contribution in [0, 0.1) is 10.1 Å². The van der Waals surface area contributed by atoms with Crippen molar-refractivity contribution < 1.29 is 9.66 Å². The smallest absolute Gasteiger partial charge is 0.279 e. The summed E-state index contributed by atoms with van der Waals surface area (Å²) in [7, 11) is 0. The van der Waals surface area contributed by atoms with Crippen LogP contribution in [0.1, 0.15) is 17.5 Å². The Balaban J connectivity index is 1.78. The lowest BCUT2D eigenvalue weighted by Crippen LogP contribution is -1.93. The molecule has 0 saturated heterocycles. The third kappa shape index (κ3) is 2.40. The fraction of sp³-hybridized carbons (Fsp3) is 0.167. The van der Waals surface area contributed by atoms with Crippen LogP contribution in [0.4, 0.5) is 5.69 Å². The summed E-state index contributed by atoms with van der Waals surface area (Å²) in [6.07, 6.45) is 6.51. The molecule has 5 nitrogen and oxygen atoms in total. The molecule has 0 saturated carbocycles. The van der Waals surface area contributed by atoms with Gasteiger partial charge in [0, 0.05) is 23.8 Å². The molecule has 0 bridgehead atoms. The molecule has 114 valence electrons. The fourth-order valence-corrected chi connectivity index (χ4v) is 3.13. The molecular formula is C18H14N2O3. The summed E-state index contributed by atoms with van der Waals surface area (Å²) in [6, 6.07) is 11.0. The molecular weight excluding hydrogens is 292 g/mol. The number of pyridine rings is 1. The first kappa shape index (κ1) is 13.7. The van der Waals surface area contributed by atoms with Crippen LogP contribution in [0.2, 0.25) is 0 Å². The second-order valence-electron chi connectivity index (χ2n) is 5.65. The lowest BCUT2D eigenvalue weighted by atomic mass is 10.1. The van der Waals surface area contributed by atoms with Gasteiger partial charge in [0.05, 0.1) is 10.3 Å². The minimum atomic E-state index is -0.400. The summed E-state index contributed by atoms with van der Waals surface area (Å²) < 4.78 is 6.00. The number of benzene rings is 2. The summed E-state index contributed by atoms with van der Waals surface area (Å²) in [5.74, 6) is 1.36. The van der Waals surface area contributed by atoms with Crippen molar-refractivity contribution in [2.75, 3.05) is 0 Å². The number of aryl methyl sites for hydroxylation is 2. The second-order valence-corrected chi connectivity index (χ2v) is 5.65. The number of hydrogen-bond donors (Lipinski definition) is 0. The molecule has 0 N–H and O–H groups in total. The van der Waals surface area contributed by atoms with E-state index in [1.165, 1.54) is 29.8 Å². The maximum atomic E-state index is 11.1. The van der Waals surface area contributed by atoms with Crippen molar-refractivity contribution in [2.24, 2.45) is 0 Å². The lowest BCUT2D eigenvalue weighted by molar-refractivity contribution is -0.383. The van der Waals surface area contributed by atoms with Crippen molar-refractivity contribution in [1.82, 2.24) is 4.98 Å². The number of hydrogen-bond acceptors (Lipinski definition) is 4. The standard InChI is InChI=1S/C18H14N2O3/c21-20(22)17-6-7-18(15-8-9-19-11-16(15)17)23-14-5-4-12-2-1-3-13(12)10-14/h4-11H,1-3H2. The van der Waals surface area contributed by atoms with Crippen LogP contribution in [-0.4, -0.2) is 9.91 Å². The summed E-state index contributed by atoms with van der Waals surface area (Å²) in [5.41, 5.74) is 2.75. The number of nitro groups is 1. The fourth-order valence-electron chi connectivity index (χ4n) is 3.13. The average molecular weight is 306 g/mol. The van der Waals surface area contributed by atoms with E-state index in [0.717, 1.165) is 18.6 Å². The van der Waals surface area contributed by atoms with Gasteiger partial charge in [-0.25, -0.2) is 0 Å². The normalized spacial score (nSPS) is 13.0. The van der Waals surface area contributed by atoms with E-state index in [-0.39, 0.29) is 5.69 Å². The van der Waals surface area contributed by atoms with Gasteiger partial charge < -0.3 is 4.74 Å². The molecule has 0 atom stereocenters. The number of non-ortho nitro benzene ring substituents is 1.